The molecule has 0 aromatic carbocycles. The number of aryl methyl sites for hydroxylation is 1. The van der Waals surface area contributed by atoms with E-state index in [1.54, 1.807) is 13.2 Å². The van der Waals surface area contributed by atoms with Gasteiger partial charge in [-0.05, 0) is 34.8 Å². The zero-order valence-electron chi connectivity index (χ0n) is 11.4. The van der Waals surface area contributed by atoms with Crippen LogP contribution in [0.5, 0.6) is 0 Å². The van der Waals surface area contributed by atoms with E-state index in [-0.39, 0.29) is 11.0 Å². The number of nitrogens with zero attached hydrogens (tertiary/aromatic N) is 3. The molecule has 1 rings (SSSR count). The molecule has 0 spiro atoms. The molecule has 5 nitrogen and oxygen atoms in total. The molecular formula is C12H21BrN4O. The molecule has 0 radical (unpaired) electrons. The van der Waals surface area contributed by atoms with E-state index in [2.05, 4.69) is 46.7 Å². The summed E-state index contributed by atoms with van der Waals surface area (Å²) in [7, 11) is 1.64. The summed E-state index contributed by atoms with van der Waals surface area (Å²) < 4.78 is 1.87. The fourth-order valence-corrected chi connectivity index (χ4v) is 2.28. The van der Waals surface area contributed by atoms with E-state index >= 15 is 0 Å². The first kappa shape index (κ1) is 15.2. The maximum absolute atomic E-state index is 11.8. The molecule has 0 atom stereocenters. The number of hydrogen-bond donors (Lipinski definition) is 1. The van der Waals surface area contributed by atoms with Crippen molar-refractivity contribution in [3.63, 3.8) is 0 Å². The number of anilines is 1. The third-order valence-electron chi connectivity index (χ3n) is 2.95. The maximum Gasteiger partial charge on any atom is 0.282 e. The van der Waals surface area contributed by atoms with E-state index in [1.165, 1.54) is 4.68 Å². The first-order chi connectivity index (χ1) is 8.32. The highest BCUT2D eigenvalue weighted by atomic mass is 79.9. The largest absolute Gasteiger partial charge is 0.369 e. The molecule has 0 saturated carbocycles. The summed E-state index contributed by atoms with van der Waals surface area (Å²) in [5.74, 6) is 0. The second-order valence-corrected chi connectivity index (χ2v) is 5.95. The van der Waals surface area contributed by atoms with Crippen LogP contribution < -0.4 is 16.2 Å². The molecule has 2 N–H and O–H groups in total. The number of rotatable bonds is 5. The summed E-state index contributed by atoms with van der Waals surface area (Å²) in [5.41, 5.74) is 6.45. The van der Waals surface area contributed by atoms with Gasteiger partial charge in [-0.3, -0.25) is 4.79 Å². The second kappa shape index (κ2) is 5.84. The van der Waals surface area contributed by atoms with Crippen LogP contribution in [0.3, 0.4) is 0 Å². The van der Waals surface area contributed by atoms with Gasteiger partial charge in [-0.1, -0.05) is 13.8 Å². The number of nitrogens with two attached hydrogens (primary N) is 1. The number of hydrogen-bond acceptors (Lipinski definition) is 4. The van der Waals surface area contributed by atoms with Gasteiger partial charge in [0.05, 0.1) is 11.9 Å². The molecule has 0 aliphatic carbocycles. The van der Waals surface area contributed by atoms with E-state index < -0.39 is 0 Å². The van der Waals surface area contributed by atoms with Gasteiger partial charge in [0.2, 0.25) is 0 Å². The molecule has 0 amide bonds. The highest BCUT2D eigenvalue weighted by Crippen LogP contribution is 2.25. The van der Waals surface area contributed by atoms with Gasteiger partial charge in [-0.15, -0.1) is 0 Å². The minimum atomic E-state index is -0.128. The summed E-state index contributed by atoms with van der Waals surface area (Å²) >= 11 is 3.36. The molecule has 0 fully saturated rings. The van der Waals surface area contributed by atoms with Crippen molar-refractivity contribution in [1.29, 1.82) is 0 Å². The highest BCUT2D eigenvalue weighted by Gasteiger charge is 2.22. The van der Waals surface area contributed by atoms with E-state index in [4.69, 9.17) is 5.73 Å². The Hall–Kier alpha value is -0.880. The van der Waals surface area contributed by atoms with Gasteiger partial charge in [-0.25, -0.2) is 4.68 Å². The minimum absolute atomic E-state index is 0.00345. The zero-order chi connectivity index (χ0) is 13.9. The van der Waals surface area contributed by atoms with Crippen molar-refractivity contribution in [2.45, 2.75) is 20.8 Å². The van der Waals surface area contributed by atoms with Crippen molar-refractivity contribution in [2.75, 3.05) is 24.5 Å². The fraction of sp³-hybridized carbons (Fsp3) is 0.667. The lowest BCUT2D eigenvalue weighted by Gasteiger charge is -2.32. The van der Waals surface area contributed by atoms with E-state index in [9.17, 15) is 4.79 Å². The van der Waals surface area contributed by atoms with Crippen LogP contribution in [0.1, 0.15) is 20.8 Å². The van der Waals surface area contributed by atoms with Crippen LogP contribution in [0.15, 0.2) is 15.5 Å². The van der Waals surface area contributed by atoms with Gasteiger partial charge < -0.3 is 10.6 Å². The van der Waals surface area contributed by atoms with E-state index in [0.717, 1.165) is 18.8 Å². The molecule has 0 saturated heterocycles. The van der Waals surface area contributed by atoms with Gasteiger partial charge in [0.25, 0.3) is 5.56 Å². The summed E-state index contributed by atoms with van der Waals surface area (Å²) in [6.45, 7) is 8.45. The Labute approximate surface area is 116 Å². The number of halogens is 1. The summed E-state index contributed by atoms with van der Waals surface area (Å²) in [6, 6.07) is 0. The molecular weight excluding hydrogens is 296 g/mol. The topological polar surface area (TPSA) is 64.2 Å². The molecule has 1 aromatic heterocycles. The highest BCUT2D eigenvalue weighted by molar-refractivity contribution is 9.10. The average Bonchev–Trinajstić information content (AvgIpc) is 2.34. The first-order valence-electron chi connectivity index (χ1n) is 5.99. The standard InChI is InChI=1S/C12H21BrN4O/c1-5-17(8-12(2,3)7-14)9-6-15-16(4)11(18)10(9)13/h6H,5,7-8,14H2,1-4H3. The quantitative estimate of drug-likeness (QED) is 0.890. The van der Waals surface area contributed by atoms with Crippen LogP contribution in [0, 0.1) is 5.41 Å². The van der Waals surface area contributed by atoms with Gasteiger partial charge in [-0.2, -0.15) is 5.10 Å². The Morgan fingerprint density at radius 2 is 2.17 bits per heavy atom. The van der Waals surface area contributed by atoms with Crippen LogP contribution >= 0.6 is 15.9 Å². The zero-order valence-corrected chi connectivity index (χ0v) is 13.0. The van der Waals surface area contributed by atoms with Crippen LogP contribution in [0.25, 0.3) is 0 Å². The van der Waals surface area contributed by atoms with Gasteiger partial charge >= 0.3 is 0 Å². The van der Waals surface area contributed by atoms with Gasteiger partial charge in [0.1, 0.15) is 4.47 Å². The summed E-state index contributed by atoms with van der Waals surface area (Å²) in [6.07, 6.45) is 1.71. The van der Waals surface area contributed by atoms with Crippen LogP contribution in [0.4, 0.5) is 5.69 Å². The molecule has 0 aliphatic rings. The lowest BCUT2D eigenvalue weighted by molar-refractivity contribution is 0.379. The van der Waals surface area contributed by atoms with E-state index in [1.807, 2.05) is 0 Å². The van der Waals surface area contributed by atoms with Crippen LogP contribution in [-0.2, 0) is 7.05 Å². The van der Waals surface area contributed by atoms with Gasteiger partial charge in [0, 0.05) is 20.1 Å². The van der Waals surface area contributed by atoms with Crippen molar-refractivity contribution >= 4 is 21.6 Å². The third kappa shape index (κ3) is 3.32. The number of aromatic nitrogens is 2. The van der Waals surface area contributed by atoms with Gasteiger partial charge in [0.15, 0.2) is 0 Å². The fourth-order valence-electron chi connectivity index (χ4n) is 1.67. The Morgan fingerprint density at radius 1 is 1.56 bits per heavy atom. The Morgan fingerprint density at radius 3 is 2.67 bits per heavy atom. The molecule has 18 heavy (non-hydrogen) atoms. The SMILES string of the molecule is CCN(CC(C)(C)CN)c1cnn(C)c(=O)c1Br. The summed E-state index contributed by atoms with van der Waals surface area (Å²) in [4.78, 5) is 14.0. The van der Waals surface area contributed by atoms with Crippen molar-refractivity contribution < 1.29 is 0 Å². The van der Waals surface area contributed by atoms with Crippen LogP contribution in [0.2, 0.25) is 0 Å². The van der Waals surface area contributed by atoms with Crippen molar-refractivity contribution in [3.05, 3.63) is 21.0 Å². The van der Waals surface area contributed by atoms with E-state index in [0.29, 0.717) is 11.0 Å². The average molecular weight is 317 g/mol. The summed E-state index contributed by atoms with van der Waals surface area (Å²) in [5, 5.41) is 4.07. The Kier molecular flexibility index (Phi) is 4.92. The van der Waals surface area contributed by atoms with Crippen molar-refractivity contribution in [3.8, 4) is 0 Å². The second-order valence-electron chi connectivity index (χ2n) is 5.16. The lowest BCUT2D eigenvalue weighted by Crippen LogP contribution is -2.39. The maximum atomic E-state index is 11.8. The molecule has 0 bridgehead atoms. The molecule has 1 aromatic rings. The Bertz CT molecular complexity index is 470. The molecule has 1 heterocycles. The van der Waals surface area contributed by atoms with Crippen molar-refractivity contribution in [1.82, 2.24) is 9.78 Å². The Balaban J connectivity index is 3.11. The molecule has 102 valence electrons. The smallest absolute Gasteiger partial charge is 0.282 e. The molecule has 0 unspecified atom stereocenters. The predicted molar refractivity (Wildman–Crippen MR) is 77.9 cm³/mol. The van der Waals surface area contributed by atoms with Crippen molar-refractivity contribution in [2.24, 2.45) is 18.2 Å². The normalized spacial score (nSPS) is 11.7. The lowest BCUT2D eigenvalue weighted by atomic mass is 9.93. The predicted octanol–water partition coefficient (Wildman–Crippen LogP) is 1.35. The minimum Gasteiger partial charge on any atom is -0.369 e. The monoisotopic (exact) mass is 316 g/mol. The molecule has 0 aliphatic heterocycles. The third-order valence-corrected chi connectivity index (χ3v) is 3.70. The first-order valence-corrected chi connectivity index (χ1v) is 6.78. The molecule has 6 heteroatoms. The van der Waals surface area contributed by atoms with Crippen LogP contribution in [-0.4, -0.2) is 29.4 Å².